The average molecular weight is 809 g/mol. The Morgan fingerprint density at radius 1 is 0.281 bits per heavy atom. The zero-order valence-electron chi connectivity index (χ0n) is 36.4. The van der Waals surface area contributed by atoms with Crippen LogP contribution in [0.4, 0.5) is 0 Å². The Kier molecular flexibility index (Phi) is 13.5. The van der Waals surface area contributed by atoms with E-state index in [2.05, 4.69) is 107 Å². The van der Waals surface area contributed by atoms with Gasteiger partial charge in [-0.3, -0.25) is 4.52 Å². The van der Waals surface area contributed by atoms with Crippen molar-refractivity contribution in [1.29, 1.82) is 0 Å². The van der Waals surface area contributed by atoms with Gasteiger partial charge in [-0.05, 0) is 65.8 Å². The summed E-state index contributed by atoms with van der Waals surface area (Å²) in [5, 5.41) is 0. The molecule has 57 heavy (non-hydrogen) atoms. The molecule has 5 aromatic rings. The van der Waals surface area contributed by atoms with Crippen molar-refractivity contribution in [1.82, 2.24) is 0 Å². The van der Waals surface area contributed by atoms with Crippen molar-refractivity contribution in [2.75, 3.05) is 0 Å². The second-order valence-corrected chi connectivity index (χ2v) is 21.0. The SMILES string of the molecule is CC(C)(C)c1ccccc1OP(Oc1ccccc1C(C)(C)C)Oc1ccccc1C(C)(C)OP(Oc1ccccc1C(C)(C)C)Oc1ccccc1C(C)(C)C. The van der Waals surface area contributed by atoms with Crippen LogP contribution in [0.5, 0.6) is 28.7 Å². The number of hydrogen-bond acceptors (Lipinski definition) is 6. The Morgan fingerprint density at radius 3 is 0.754 bits per heavy atom. The molecule has 0 atom stereocenters. The van der Waals surface area contributed by atoms with E-state index in [-0.39, 0.29) is 21.7 Å². The minimum atomic E-state index is -2.03. The lowest BCUT2D eigenvalue weighted by molar-refractivity contribution is 0.0921. The third-order valence-corrected chi connectivity index (χ3v) is 11.8. The van der Waals surface area contributed by atoms with Crippen LogP contribution in [0.15, 0.2) is 121 Å². The van der Waals surface area contributed by atoms with Crippen LogP contribution in [0.3, 0.4) is 0 Å². The van der Waals surface area contributed by atoms with E-state index in [9.17, 15) is 0 Å². The van der Waals surface area contributed by atoms with Gasteiger partial charge in [-0.15, -0.1) is 0 Å². The fourth-order valence-corrected chi connectivity index (χ4v) is 8.75. The summed E-state index contributed by atoms with van der Waals surface area (Å²) in [6, 6.07) is 40.2. The second kappa shape index (κ2) is 17.4. The lowest BCUT2D eigenvalue weighted by Crippen LogP contribution is -2.23. The first-order chi connectivity index (χ1) is 26.5. The van der Waals surface area contributed by atoms with Crippen LogP contribution in [0.2, 0.25) is 0 Å². The molecule has 0 amide bonds. The minimum absolute atomic E-state index is 0.175. The van der Waals surface area contributed by atoms with Gasteiger partial charge in [-0.1, -0.05) is 174 Å². The van der Waals surface area contributed by atoms with E-state index in [0.717, 1.165) is 27.8 Å². The number of para-hydroxylation sites is 5. The zero-order chi connectivity index (χ0) is 41.8. The zero-order valence-corrected chi connectivity index (χ0v) is 38.2. The molecule has 0 saturated heterocycles. The molecule has 304 valence electrons. The molecule has 0 fully saturated rings. The summed E-state index contributed by atoms with van der Waals surface area (Å²) in [7, 11) is -4.04. The summed E-state index contributed by atoms with van der Waals surface area (Å²) < 4.78 is 41.1. The van der Waals surface area contributed by atoms with Gasteiger partial charge in [0.25, 0.3) is 0 Å². The quantitative estimate of drug-likeness (QED) is 0.110. The molecule has 0 saturated carbocycles. The summed E-state index contributed by atoms with van der Waals surface area (Å²) >= 11 is 0. The van der Waals surface area contributed by atoms with Crippen molar-refractivity contribution < 1.29 is 27.1 Å². The fraction of sp³-hybridized carbons (Fsp3) is 0.388. The Labute approximate surface area is 345 Å². The third kappa shape index (κ3) is 11.5. The monoisotopic (exact) mass is 808 g/mol. The van der Waals surface area contributed by atoms with E-state index in [1.165, 1.54) is 0 Å². The predicted molar refractivity (Wildman–Crippen MR) is 238 cm³/mol. The van der Waals surface area contributed by atoms with Crippen LogP contribution >= 0.6 is 17.2 Å². The minimum Gasteiger partial charge on any atom is -0.417 e. The lowest BCUT2D eigenvalue weighted by Gasteiger charge is -2.33. The van der Waals surface area contributed by atoms with Gasteiger partial charge in [-0.25, -0.2) is 0 Å². The number of rotatable bonds is 13. The maximum absolute atomic E-state index is 7.02. The molecule has 5 aromatic carbocycles. The molecule has 0 bridgehead atoms. The Bertz CT molecular complexity index is 1980. The molecule has 5 rings (SSSR count). The normalized spacial score (nSPS) is 12.8. The Morgan fingerprint density at radius 2 is 0.491 bits per heavy atom. The Balaban J connectivity index is 1.56. The van der Waals surface area contributed by atoms with Crippen LogP contribution in [0.25, 0.3) is 0 Å². The molecule has 0 radical (unpaired) electrons. The van der Waals surface area contributed by atoms with Gasteiger partial charge in [0, 0.05) is 27.8 Å². The van der Waals surface area contributed by atoms with Crippen LogP contribution in [0, 0.1) is 0 Å². The van der Waals surface area contributed by atoms with E-state index >= 15 is 0 Å². The average Bonchev–Trinajstić information content (AvgIpc) is 3.11. The molecule has 0 unspecified atom stereocenters. The van der Waals surface area contributed by atoms with Crippen molar-refractivity contribution in [3.05, 3.63) is 149 Å². The summed E-state index contributed by atoms with van der Waals surface area (Å²) in [6.45, 7) is 30.1. The van der Waals surface area contributed by atoms with E-state index in [4.69, 9.17) is 27.1 Å². The number of benzene rings is 5. The van der Waals surface area contributed by atoms with Gasteiger partial charge < -0.3 is 22.6 Å². The molecule has 0 aliphatic carbocycles. The van der Waals surface area contributed by atoms with Gasteiger partial charge in [0.2, 0.25) is 0 Å². The van der Waals surface area contributed by atoms with Gasteiger partial charge >= 0.3 is 17.2 Å². The molecule has 0 aliphatic heterocycles. The van der Waals surface area contributed by atoms with Crippen molar-refractivity contribution in [2.45, 2.75) is 124 Å². The molecule has 0 heterocycles. The Hall–Kier alpha value is -4.08. The predicted octanol–water partition coefficient (Wildman–Crippen LogP) is 15.3. The molecule has 0 aliphatic rings. The first kappa shape index (κ1) is 44.0. The van der Waals surface area contributed by atoms with Crippen molar-refractivity contribution in [2.24, 2.45) is 0 Å². The van der Waals surface area contributed by atoms with Crippen LogP contribution in [-0.4, -0.2) is 0 Å². The van der Waals surface area contributed by atoms with E-state index < -0.39 is 22.8 Å². The van der Waals surface area contributed by atoms with E-state index in [0.29, 0.717) is 28.7 Å². The first-order valence-electron chi connectivity index (χ1n) is 19.7. The third-order valence-electron chi connectivity index (χ3n) is 9.48. The van der Waals surface area contributed by atoms with Crippen molar-refractivity contribution >= 4 is 17.2 Å². The van der Waals surface area contributed by atoms with Crippen molar-refractivity contribution in [3.63, 3.8) is 0 Å². The second-order valence-electron chi connectivity index (χ2n) is 19.0. The maximum Gasteiger partial charge on any atom is 0.530 e. The highest BCUT2D eigenvalue weighted by molar-refractivity contribution is 7.43. The standard InChI is InChI=1S/C49H62O6P2/c1-45(2,3)35-25-15-20-30-40(35)50-56(51-41-31-21-16-26-36(41)46(4,5)6)52-44-34-24-19-29-39(44)49(13,14)55-57(53-42-32-22-17-27-37(42)47(7,8)9)54-43-33-23-18-28-38(43)48(10,11)12/h15-34H,1-14H3. The molecule has 0 aromatic heterocycles. The summed E-state index contributed by atoms with van der Waals surface area (Å²) in [5.74, 6) is 3.40. The molecule has 6 nitrogen and oxygen atoms in total. The molecule has 8 heteroatoms. The topological polar surface area (TPSA) is 55.4 Å². The fourth-order valence-electron chi connectivity index (χ4n) is 6.46. The van der Waals surface area contributed by atoms with Gasteiger partial charge in [-0.2, -0.15) is 0 Å². The molecular formula is C49H62O6P2. The maximum atomic E-state index is 7.02. The number of hydrogen-bond donors (Lipinski definition) is 0. The van der Waals surface area contributed by atoms with E-state index in [1.807, 2.05) is 111 Å². The highest BCUT2D eigenvalue weighted by Gasteiger charge is 2.37. The van der Waals surface area contributed by atoms with Gasteiger partial charge in [0.1, 0.15) is 34.3 Å². The molecular weight excluding hydrogens is 746 g/mol. The summed E-state index contributed by atoms with van der Waals surface area (Å²) in [6.07, 6.45) is 0. The van der Waals surface area contributed by atoms with Gasteiger partial charge in [0.15, 0.2) is 0 Å². The lowest BCUT2D eigenvalue weighted by atomic mass is 9.86. The van der Waals surface area contributed by atoms with Crippen molar-refractivity contribution in [3.8, 4) is 28.7 Å². The van der Waals surface area contributed by atoms with Gasteiger partial charge in [0.05, 0.1) is 0 Å². The highest BCUT2D eigenvalue weighted by Crippen LogP contribution is 2.54. The molecule has 0 N–H and O–H groups in total. The van der Waals surface area contributed by atoms with Crippen LogP contribution in [-0.2, 0) is 31.8 Å². The highest BCUT2D eigenvalue weighted by atomic mass is 31.2. The summed E-state index contributed by atoms with van der Waals surface area (Å²) in [4.78, 5) is 0. The smallest absolute Gasteiger partial charge is 0.417 e. The van der Waals surface area contributed by atoms with Crippen LogP contribution in [0.1, 0.15) is 125 Å². The summed E-state index contributed by atoms with van der Waals surface area (Å²) in [5.41, 5.74) is 3.33. The molecule has 0 spiro atoms. The van der Waals surface area contributed by atoms with Crippen LogP contribution < -0.4 is 22.6 Å². The van der Waals surface area contributed by atoms with E-state index in [1.54, 1.807) is 0 Å². The first-order valence-corrected chi connectivity index (χ1v) is 21.9. The largest absolute Gasteiger partial charge is 0.530 e.